The van der Waals surface area contributed by atoms with E-state index in [2.05, 4.69) is 10.2 Å². The molecular weight excluding hydrogens is 340 g/mol. The van der Waals surface area contributed by atoms with Gasteiger partial charge >= 0.3 is 0 Å². The molecule has 3 aliphatic heterocycles. The molecule has 3 saturated heterocycles. The topological polar surface area (TPSA) is 50.8 Å². The third-order valence-corrected chi connectivity index (χ3v) is 5.85. The molecule has 0 saturated carbocycles. The van der Waals surface area contributed by atoms with Crippen LogP contribution < -0.4 is 5.32 Å². The summed E-state index contributed by atoms with van der Waals surface area (Å²) >= 11 is 5.97. The third-order valence-electron chi connectivity index (χ3n) is 5.60. The Kier molecular flexibility index (Phi) is 5.27. The number of hydrogen-bond donors (Lipinski definition) is 1. The number of carbonyl (C=O) groups is 1. The van der Waals surface area contributed by atoms with Gasteiger partial charge in [0.15, 0.2) is 0 Å². The van der Waals surface area contributed by atoms with Crippen LogP contribution >= 0.6 is 11.6 Å². The summed E-state index contributed by atoms with van der Waals surface area (Å²) in [5.41, 5.74) is 1.16. The Balaban J connectivity index is 1.32. The fraction of sp³-hybridized carbons (Fsp3) is 0.632. The largest absolute Gasteiger partial charge is 0.381 e. The molecule has 6 heteroatoms. The van der Waals surface area contributed by atoms with Crippen LogP contribution in [0.25, 0.3) is 0 Å². The maximum Gasteiger partial charge on any atom is 0.223 e. The zero-order chi connectivity index (χ0) is 17.2. The Hall–Kier alpha value is -1.14. The molecule has 1 aromatic carbocycles. The van der Waals surface area contributed by atoms with Crippen molar-refractivity contribution < 1.29 is 14.3 Å². The first-order valence-electron chi connectivity index (χ1n) is 9.18. The lowest BCUT2D eigenvalue weighted by Gasteiger charge is -2.35. The highest BCUT2D eigenvalue weighted by atomic mass is 35.5. The second kappa shape index (κ2) is 7.62. The van der Waals surface area contributed by atoms with Crippen LogP contribution in [0.3, 0.4) is 0 Å². The number of morpholine rings is 1. The molecule has 1 amide bonds. The minimum atomic E-state index is 0.0819. The predicted octanol–water partition coefficient (Wildman–Crippen LogP) is 2.40. The van der Waals surface area contributed by atoms with E-state index in [4.69, 9.17) is 21.1 Å². The van der Waals surface area contributed by atoms with Gasteiger partial charge in [-0.3, -0.25) is 9.69 Å². The van der Waals surface area contributed by atoms with Gasteiger partial charge in [0.1, 0.15) is 0 Å². The number of rotatable bonds is 3. The number of hydrogen-bond acceptors (Lipinski definition) is 4. The lowest BCUT2D eigenvalue weighted by Crippen LogP contribution is -2.44. The molecule has 1 N–H and O–H groups in total. The van der Waals surface area contributed by atoms with Crippen LogP contribution in [0.4, 0.5) is 0 Å². The van der Waals surface area contributed by atoms with E-state index in [0.717, 1.165) is 49.5 Å². The quantitative estimate of drug-likeness (QED) is 0.894. The number of halogens is 1. The number of nitrogens with one attached hydrogen (secondary N) is 1. The van der Waals surface area contributed by atoms with Crippen LogP contribution in [-0.2, 0) is 14.3 Å². The molecule has 0 spiro atoms. The van der Waals surface area contributed by atoms with E-state index >= 15 is 0 Å². The zero-order valence-electron chi connectivity index (χ0n) is 14.3. The number of carbonyl (C=O) groups excluding carboxylic acids is 1. The van der Waals surface area contributed by atoms with Crippen molar-refractivity contribution in [3.8, 4) is 0 Å². The van der Waals surface area contributed by atoms with Crippen LogP contribution in [0.2, 0.25) is 5.02 Å². The minimum absolute atomic E-state index is 0.0819. The monoisotopic (exact) mass is 364 g/mol. The average Bonchev–Trinajstić information content (AvgIpc) is 3.04. The van der Waals surface area contributed by atoms with E-state index in [9.17, 15) is 4.79 Å². The van der Waals surface area contributed by atoms with Crippen molar-refractivity contribution in [2.45, 2.75) is 37.5 Å². The van der Waals surface area contributed by atoms with E-state index in [1.807, 2.05) is 24.3 Å². The molecule has 5 nitrogen and oxygen atoms in total. The third kappa shape index (κ3) is 4.00. The maximum absolute atomic E-state index is 12.4. The normalized spacial score (nSPS) is 30.8. The van der Waals surface area contributed by atoms with Crippen molar-refractivity contribution in [3.63, 3.8) is 0 Å². The molecular formula is C19H25ClN2O3. The van der Waals surface area contributed by atoms with Gasteiger partial charge in [-0.25, -0.2) is 0 Å². The van der Waals surface area contributed by atoms with Gasteiger partial charge in [0, 0.05) is 49.3 Å². The van der Waals surface area contributed by atoms with E-state index in [0.29, 0.717) is 19.3 Å². The highest BCUT2D eigenvalue weighted by molar-refractivity contribution is 6.30. The van der Waals surface area contributed by atoms with Crippen LogP contribution in [0.15, 0.2) is 24.3 Å². The van der Waals surface area contributed by atoms with Crippen molar-refractivity contribution in [1.29, 1.82) is 0 Å². The molecule has 0 aliphatic carbocycles. The van der Waals surface area contributed by atoms with Crippen LogP contribution in [0, 0.1) is 5.92 Å². The molecule has 1 aromatic rings. The first-order valence-corrected chi connectivity index (χ1v) is 9.56. The van der Waals surface area contributed by atoms with Gasteiger partial charge in [-0.05, 0) is 37.0 Å². The number of benzene rings is 1. The summed E-state index contributed by atoms with van der Waals surface area (Å²) in [6.07, 6.45) is 2.74. The standard InChI is InChI=1S/C19H25ClN2O3/c20-15-3-1-13(2-4-15)18-11-22-10-16(9-17(22)12-25-18)21-19(23)14-5-7-24-8-6-14/h1-4,14,16-18H,5-12H2,(H,21,23)/t16-,17+,18-/m1/s1. The van der Waals surface area contributed by atoms with Crippen molar-refractivity contribution in [2.75, 3.05) is 32.9 Å². The Labute approximate surface area is 153 Å². The van der Waals surface area contributed by atoms with Crippen LogP contribution in [0.5, 0.6) is 0 Å². The highest BCUT2D eigenvalue weighted by Crippen LogP contribution is 2.31. The van der Waals surface area contributed by atoms with Gasteiger partial charge < -0.3 is 14.8 Å². The Morgan fingerprint density at radius 2 is 1.92 bits per heavy atom. The molecule has 3 heterocycles. The van der Waals surface area contributed by atoms with E-state index < -0.39 is 0 Å². The molecule has 0 bridgehead atoms. The van der Waals surface area contributed by atoms with E-state index in [-0.39, 0.29) is 24.0 Å². The molecule has 136 valence electrons. The number of ether oxygens (including phenoxy) is 2. The number of fused-ring (bicyclic) bond motifs is 1. The molecule has 25 heavy (non-hydrogen) atoms. The fourth-order valence-corrected chi connectivity index (χ4v) is 4.26. The van der Waals surface area contributed by atoms with Crippen LogP contribution in [-0.4, -0.2) is 55.8 Å². The number of amides is 1. The van der Waals surface area contributed by atoms with Gasteiger partial charge in [0.05, 0.1) is 12.7 Å². The first-order chi connectivity index (χ1) is 12.2. The van der Waals surface area contributed by atoms with Crippen molar-refractivity contribution >= 4 is 17.5 Å². The lowest BCUT2D eigenvalue weighted by atomic mass is 9.99. The minimum Gasteiger partial charge on any atom is -0.381 e. The molecule has 4 rings (SSSR count). The maximum atomic E-state index is 12.4. The molecule has 0 radical (unpaired) electrons. The molecule has 0 aromatic heterocycles. The highest BCUT2D eigenvalue weighted by Gasteiger charge is 2.38. The molecule has 3 atom stereocenters. The summed E-state index contributed by atoms with van der Waals surface area (Å²) in [4.78, 5) is 14.9. The summed E-state index contributed by atoms with van der Waals surface area (Å²) in [7, 11) is 0. The zero-order valence-corrected chi connectivity index (χ0v) is 15.1. The summed E-state index contributed by atoms with van der Waals surface area (Å²) in [6, 6.07) is 8.53. The molecule has 3 aliphatic rings. The Morgan fingerprint density at radius 1 is 1.16 bits per heavy atom. The SMILES string of the molecule is O=C(N[C@@H]1C[C@H]2CO[C@@H](c3ccc(Cl)cc3)CN2C1)C1CCOCC1. The Bertz CT molecular complexity index is 603. The first kappa shape index (κ1) is 17.3. The number of nitrogens with zero attached hydrogens (tertiary/aromatic N) is 1. The Morgan fingerprint density at radius 3 is 2.68 bits per heavy atom. The van der Waals surface area contributed by atoms with Crippen molar-refractivity contribution in [1.82, 2.24) is 10.2 Å². The second-order valence-corrected chi connectivity index (χ2v) is 7.75. The van der Waals surface area contributed by atoms with Crippen LogP contribution in [0.1, 0.15) is 30.9 Å². The fourth-order valence-electron chi connectivity index (χ4n) is 4.14. The van der Waals surface area contributed by atoms with Gasteiger partial charge in [-0.2, -0.15) is 0 Å². The average molecular weight is 365 g/mol. The van der Waals surface area contributed by atoms with Crippen molar-refractivity contribution in [2.24, 2.45) is 5.92 Å². The van der Waals surface area contributed by atoms with E-state index in [1.54, 1.807) is 0 Å². The van der Waals surface area contributed by atoms with Gasteiger partial charge in [0.25, 0.3) is 0 Å². The molecule has 0 unspecified atom stereocenters. The summed E-state index contributed by atoms with van der Waals surface area (Å²) in [5, 5.41) is 4.00. The second-order valence-electron chi connectivity index (χ2n) is 7.31. The summed E-state index contributed by atoms with van der Waals surface area (Å²) < 4.78 is 11.4. The molecule has 3 fully saturated rings. The summed E-state index contributed by atoms with van der Waals surface area (Å²) in [6.45, 7) is 3.90. The smallest absolute Gasteiger partial charge is 0.223 e. The van der Waals surface area contributed by atoms with Gasteiger partial charge in [0.2, 0.25) is 5.91 Å². The predicted molar refractivity (Wildman–Crippen MR) is 95.6 cm³/mol. The lowest BCUT2D eigenvalue weighted by molar-refractivity contribution is -0.128. The van der Waals surface area contributed by atoms with Gasteiger partial charge in [-0.15, -0.1) is 0 Å². The van der Waals surface area contributed by atoms with Gasteiger partial charge in [-0.1, -0.05) is 23.7 Å². The van der Waals surface area contributed by atoms with E-state index in [1.165, 1.54) is 0 Å². The van der Waals surface area contributed by atoms with Crippen molar-refractivity contribution in [3.05, 3.63) is 34.9 Å². The summed E-state index contributed by atoms with van der Waals surface area (Å²) in [5.74, 6) is 0.313.